The van der Waals surface area contributed by atoms with Gasteiger partial charge in [0.15, 0.2) is 0 Å². The van der Waals surface area contributed by atoms with E-state index in [1.165, 1.54) is 28.4 Å². The first-order chi connectivity index (χ1) is 15.9. The predicted molar refractivity (Wildman–Crippen MR) is 124 cm³/mol. The minimum absolute atomic E-state index is 0.110. The van der Waals surface area contributed by atoms with Crippen LogP contribution in [0.3, 0.4) is 0 Å². The molecule has 0 fully saturated rings. The van der Waals surface area contributed by atoms with Crippen molar-refractivity contribution in [2.24, 2.45) is 0 Å². The third-order valence-electron chi connectivity index (χ3n) is 5.22. The van der Waals surface area contributed by atoms with E-state index in [0.717, 1.165) is 10.4 Å². The fourth-order valence-electron chi connectivity index (χ4n) is 3.60. The van der Waals surface area contributed by atoms with Crippen LogP contribution < -0.4 is 15.5 Å². The Balaban J connectivity index is 1.52. The Morgan fingerprint density at radius 3 is 2.58 bits per heavy atom. The number of carboxylic acid groups (broad SMARTS) is 1. The third kappa shape index (κ3) is 5.27. The average Bonchev–Trinajstić information content (AvgIpc) is 3.31. The van der Waals surface area contributed by atoms with E-state index in [0.29, 0.717) is 11.4 Å². The second kappa shape index (κ2) is 9.66. The van der Waals surface area contributed by atoms with Gasteiger partial charge in [0.1, 0.15) is 12.6 Å². The van der Waals surface area contributed by atoms with Crippen molar-refractivity contribution in [3.05, 3.63) is 82.0 Å². The van der Waals surface area contributed by atoms with E-state index in [1.807, 2.05) is 23.6 Å². The third-order valence-corrected chi connectivity index (χ3v) is 6.09. The summed E-state index contributed by atoms with van der Waals surface area (Å²) in [6.07, 6.45) is 0.307. The molecule has 8 nitrogen and oxygen atoms in total. The lowest BCUT2D eigenvalue weighted by atomic mass is 10.0. The average molecular weight is 464 g/mol. The van der Waals surface area contributed by atoms with Crippen molar-refractivity contribution in [2.45, 2.75) is 18.9 Å². The van der Waals surface area contributed by atoms with E-state index in [-0.39, 0.29) is 36.8 Å². The van der Waals surface area contributed by atoms with Crippen molar-refractivity contribution in [3.63, 3.8) is 0 Å². The molecule has 2 heterocycles. The standard InChI is InChI=1S/C24H21N3O5S/c28-21-14-27(22(29)13-17-7-4-10-33-17)20-9-8-16(12-18(20)25-21)23(30)26-19(24(31)32)11-15-5-2-1-3-6-15/h1-10,12,19H,11,13-14H2,(H,25,28)(H,26,30)(H,31,32). The van der Waals surface area contributed by atoms with Crippen LogP contribution in [-0.4, -0.2) is 41.4 Å². The highest BCUT2D eigenvalue weighted by molar-refractivity contribution is 7.10. The molecule has 3 aromatic rings. The van der Waals surface area contributed by atoms with Gasteiger partial charge in [0, 0.05) is 16.9 Å². The van der Waals surface area contributed by atoms with Crippen LogP contribution in [0, 0.1) is 0 Å². The van der Waals surface area contributed by atoms with Crippen LogP contribution in [0.4, 0.5) is 11.4 Å². The van der Waals surface area contributed by atoms with Gasteiger partial charge in [-0.15, -0.1) is 11.3 Å². The first kappa shape index (κ1) is 22.2. The first-order valence-electron chi connectivity index (χ1n) is 10.2. The van der Waals surface area contributed by atoms with Crippen LogP contribution >= 0.6 is 11.3 Å². The van der Waals surface area contributed by atoms with Gasteiger partial charge in [-0.25, -0.2) is 4.79 Å². The smallest absolute Gasteiger partial charge is 0.326 e. The number of anilines is 2. The number of carbonyl (C=O) groups is 4. The van der Waals surface area contributed by atoms with Gasteiger partial charge in [0.05, 0.1) is 17.8 Å². The molecule has 0 saturated carbocycles. The van der Waals surface area contributed by atoms with Gasteiger partial charge in [-0.2, -0.15) is 0 Å². The van der Waals surface area contributed by atoms with Gasteiger partial charge in [0.2, 0.25) is 11.8 Å². The van der Waals surface area contributed by atoms with Crippen LogP contribution in [0.5, 0.6) is 0 Å². The van der Waals surface area contributed by atoms with Gasteiger partial charge >= 0.3 is 5.97 Å². The van der Waals surface area contributed by atoms with Gasteiger partial charge in [-0.05, 0) is 35.2 Å². The Morgan fingerprint density at radius 2 is 1.88 bits per heavy atom. The fourth-order valence-corrected chi connectivity index (χ4v) is 4.30. The molecule has 33 heavy (non-hydrogen) atoms. The molecule has 0 bridgehead atoms. The van der Waals surface area contributed by atoms with Crippen LogP contribution in [0.1, 0.15) is 20.8 Å². The monoisotopic (exact) mass is 463 g/mol. The Bertz CT molecular complexity index is 1190. The number of hydrogen-bond donors (Lipinski definition) is 3. The molecule has 3 N–H and O–H groups in total. The van der Waals surface area contributed by atoms with Crippen molar-refractivity contribution in [1.29, 1.82) is 0 Å². The summed E-state index contributed by atoms with van der Waals surface area (Å²) in [7, 11) is 0. The summed E-state index contributed by atoms with van der Waals surface area (Å²) in [6.45, 7) is -0.110. The van der Waals surface area contributed by atoms with E-state index in [9.17, 15) is 24.3 Å². The number of fused-ring (bicyclic) bond motifs is 1. The maximum atomic E-state index is 12.8. The lowest BCUT2D eigenvalue weighted by molar-refractivity contribution is -0.139. The number of benzene rings is 2. The molecule has 0 saturated heterocycles. The number of hydrogen-bond acceptors (Lipinski definition) is 5. The number of thiophene rings is 1. The number of nitrogens with zero attached hydrogens (tertiary/aromatic N) is 1. The molecule has 0 aliphatic carbocycles. The van der Waals surface area contributed by atoms with Crippen molar-refractivity contribution in [2.75, 3.05) is 16.8 Å². The zero-order chi connectivity index (χ0) is 23.4. The maximum absolute atomic E-state index is 12.8. The normalized spacial score (nSPS) is 13.6. The Kier molecular flexibility index (Phi) is 6.50. The summed E-state index contributed by atoms with van der Waals surface area (Å²) in [4.78, 5) is 51.8. The van der Waals surface area contributed by atoms with Crippen LogP contribution in [0.2, 0.25) is 0 Å². The lowest BCUT2D eigenvalue weighted by Gasteiger charge is -2.29. The summed E-state index contributed by atoms with van der Waals surface area (Å²) in [5.41, 5.74) is 1.78. The van der Waals surface area contributed by atoms with Crippen LogP contribution in [0.25, 0.3) is 0 Å². The second-order valence-electron chi connectivity index (χ2n) is 7.57. The van der Waals surface area contributed by atoms with Crippen molar-refractivity contribution >= 4 is 46.4 Å². The maximum Gasteiger partial charge on any atom is 0.326 e. The van der Waals surface area contributed by atoms with Gasteiger partial charge < -0.3 is 20.6 Å². The highest BCUT2D eigenvalue weighted by atomic mass is 32.1. The predicted octanol–water partition coefficient (Wildman–Crippen LogP) is 2.70. The zero-order valence-electron chi connectivity index (χ0n) is 17.5. The van der Waals surface area contributed by atoms with E-state index in [4.69, 9.17) is 0 Å². The summed E-state index contributed by atoms with van der Waals surface area (Å²) < 4.78 is 0. The Labute approximate surface area is 193 Å². The molecule has 0 radical (unpaired) electrons. The molecule has 1 atom stereocenters. The first-order valence-corrected chi connectivity index (χ1v) is 11.1. The molecule has 168 valence electrons. The van der Waals surface area contributed by atoms with Gasteiger partial charge in [-0.3, -0.25) is 14.4 Å². The van der Waals surface area contributed by atoms with Crippen LogP contribution in [0.15, 0.2) is 66.0 Å². The molecular weight excluding hydrogens is 442 g/mol. The second-order valence-corrected chi connectivity index (χ2v) is 8.60. The van der Waals surface area contributed by atoms with E-state index in [1.54, 1.807) is 30.3 Å². The number of aliphatic carboxylic acids is 1. The summed E-state index contributed by atoms with van der Waals surface area (Å²) in [5.74, 6) is -2.33. The van der Waals surface area contributed by atoms with Crippen LogP contribution in [-0.2, 0) is 27.2 Å². The Morgan fingerprint density at radius 1 is 1.09 bits per heavy atom. The van der Waals surface area contributed by atoms with Crippen molar-refractivity contribution in [3.8, 4) is 0 Å². The molecule has 0 spiro atoms. The van der Waals surface area contributed by atoms with E-state index in [2.05, 4.69) is 10.6 Å². The summed E-state index contributed by atoms with van der Waals surface area (Å²) in [5, 5.41) is 16.6. The fraction of sp³-hybridized carbons (Fsp3) is 0.167. The zero-order valence-corrected chi connectivity index (χ0v) is 18.3. The Hall–Kier alpha value is -3.98. The van der Waals surface area contributed by atoms with Gasteiger partial charge in [-0.1, -0.05) is 36.4 Å². The van der Waals surface area contributed by atoms with E-state index >= 15 is 0 Å². The summed E-state index contributed by atoms with van der Waals surface area (Å²) >= 11 is 1.46. The number of carboxylic acids is 1. The molecule has 3 amide bonds. The molecule has 4 rings (SSSR count). The van der Waals surface area contributed by atoms with E-state index < -0.39 is 17.9 Å². The summed E-state index contributed by atoms with van der Waals surface area (Å²) in [6, 6.07) is 16.2. The highest BCUT2D eigenvalue weighted by Crippen LogP contribution is 2.31. The number of rotatable bonds is 7. The topological polar surface area (TPSA) is 116 Å². The molecule has 1 unspecified atom stereocenters. The molecule has 9 heteroatoms. The van der Waals surface area contributed by atoms with Crippen molar-refractivity contribution in [1.82, 2.24) is 5.32 Å². The lowest BCUT2D eigenvalue weighted by Crippen LogP contribution is -2.43. The highest BCUT2D eigenvalue weighted by Gasteiger charge is 2.28. The number of carbonyl (C=O) groups excluding carboxylic acids is 3. The molecule has 1 aliphatic rings. The van der Waals surface area contributed by atoms with Crippen molar-refractivity contribution < 1.29 is 24.3 Å². The number of nitrogens with one attached hydrogen (secondary N) is 2. The molecule has 1 aromatic heterocycles. The quantitative estimate of drug-likeness (QED) is 0.498. The SMILES string of the molecule is O=C1CN(C(=O)Cc2cccs2)c2ccc(C(=O)NC(Cc3ccccc3)C(=O)O)cc2N1. The molecular formula is C24H21N3O5S. The molecule has 1 aliphatic heterocycles. The van der Waals surface area contributed by atoms with Gasteiger partial charge in [0.25, 0.3) is 5.91 Å². The minimum atomic E-state index is -1.15. The number of amides is 3. The molecule has 2 aromatic carbocycles. The minimum Gasteiger partial charge on any atom is -0.480 e. The largest absolute Gasteiger partial charge is 0.480 e.